The average Bonchev–Trinajstić information content (AvgIpc) is 2.80. The molecule has 6 heteroatoms. The smallest absolute Gasteiger partial charge is 0.340 e. The van der Waals surface area contributed by atoms with Crippen molar-refractivity contribution in [3.05, 3.63) is 28.2 Å². The van der Waals surface area contributed by atoms with Crippen LogP contribution in [-0.4, -0.2) is 31.6 Å². The summed E-state index contributed by atoms with van der Waals surface area (Å²) in [6.45, 7) is 3.06. The van der Waals surface area contributed by atoms with Crippen molar-refractivity contribution in [3.63, 3.8) is 0 Å². The van der Waals surface area contributed by atoms with Crippen LogP contribution in [0.25, 0.3) is 0 Å². The zero-order chi connectivity index (χ0) is 14.7. The molecule has 5 nitrogen and oxygen atoms in total. The van der Waals surface area contributed by atoms with E-state index in [4.69, 9.17) is 10.5 Å². The molecule has 0 radical (unpaired) electrons. The van der Waals surface area contributed by atoms with E-state index in [9.17, 15) is 9.59 Å². The zero-order valence-corrected chi connectivity index (χ0v) is 12.9. The quantitative estimate of drug-likeness (QED) is 0.850. The molecule has 1 aliphatic heterocycles. The van der Waals surface area contributed by atoms with Gasteiger partial charge >= 0.3 is 5.97 Å². The van der Waals surface area contributed by atoms with Crippen molar-refractivity contribution in [2.45, 2.75) is 13.3 Å². The van der Waals surface area contributed by atoms with Gasteiger partial charge in [0.25, 0.3) is 0 Å². The summed E-state index contributed by atoms with van der Waals surface area (Å²) in [6.07, 6.45) is 0.425. The zero-order valence-electron chi connectivity index (χ0n) is 11.3. The second-order valence-electron chi connectivity index (χ2n) is 4.69. The molecule has 0 spiro atoms. The number of benzene rings is 1. The number of anilines is 1. The van der Waals surface area contributed by atoms with Crippen LogP contribution in [0.1, 0.15) is 23.7 Å². The Labute approximate surface area is 126 Å². The Morgan fingerprint density at radius 3 is 2.90 bits per heavy atom. The number of nitrogens with zero attached hydrogens (tertiary/aromatic N) is 1. The standard InChI is InChI=1S/C14H17BrN2O3/c1-2-20-14(19)11-6-10(15)3-4-12(11)17-8-9(7-16)5-13(17)18/h3-4,6,9H,2,5,7-8,16H2,1H3. The minimum Gasteiger partial charge on any atom is -0.462 e. The van der Waals surface area contributed by atoms with Gasteiger partial charge < -0.3 is 15.4 Å². The Balaban J connectivity index is 2.36. The lowest BCUT2D eigenvalue weighted by Gasteiger charge is -2.20. The van der Waals surface area contributed by atoms with Gasteiger partial charge in [-0.3, -0.25) is 4.79 Å². The molecule has 1 unspecified atom stereocenters. The fraction of sp³-hybridized carbons (Fsp3) is 0.429. The highest BCUT2D eigenvalue weighted by atomic mass is 79.9. The first-order valence-electron chi connectivity index (χ1n) is 6.54. The van der Waals surface area contributed by atoms with Gasteiger partial charge in [-0.15, -0.1) is 0 Å². The maximum atomic E-state index is 12.1. The molecule has 1 aromatic carbocycles. The minimum atomic E-state index is -0.423. The second-order valence-corrected chi connectivity index (χ2v) is 5.61. The van der Waals surface area contributed by atoms with Crippen LogP contribution < -0.4 is 10.6 Å². The molecule has 2 rings (SSSR count). The van der Waals surface area contributed by atoms with Gasteiger partial charge in [0.2, 0.25) is 5.91 Å². The molecule has 2 N–H and O–H groups in total. The number of amides is 1. The lowest BCUT2D eigenvalue weighted by Crippen LogP contribution is -2.27. The molecule has 0 bridgehead atoms. The van der Waals surface area contributed by atoms with E-state index < -0.39 is 5.97 Å². The van der Waals surface area contributed by atoms with Crippen molar-refractivity contribution >= 4 is 33.5 Å². The SMILES string of the molecule is CCOC(=O)c1cc(Br)ccc1N1CC(CN)CC1=O. The van der Waals surface area contributed by atoms with E-state index >= 15 is 0 Å². The first kappa shape index (κ1) is 15.0. The van der Waals surface area contributed by atoms with E-state index in [1.165, 1.54) is 0 Å². The first-order chi connectivity index (χ1) is 9.56. The molecule has 1 saturated heterocycles. The Morgan fingerprint density at radius 2 is 2.30 bits per heavy atom. The molecule has 0 aromatic heterocycles. The van der Waals surface area contributed by atoms with E-state index in [1.54, 1.807) is 30.0 Å². The molecule has 0 aliphatic carbocycles. The molecule has 0 saturated carbocycles. The minimum absolute atomic E-state index is 0.00618. The van der Waals surface area contributed by atoms with Gasteiger partial charge in [0.05, 0.1) is 17.9 Å². The fourth-order valence-corrected chi connectivity index (χ4v) is 2.65. The Kier molecular flexibility index (Phi) is 4.77. The molecule has 1 heterocycles. The maximum absolute atomic E-state index is 12.1. The number of carbonyl (C=O) groups excluding carboxylic acids is 2. The lowest BCUT2D eigenvalue weighted by atomic mass is 10.1. The van der Waals surface area contributed by atoms with Gasteiger partial charge in [-0.2, -0.15) is 0 Å². The normalized spacial score (nSPS) is 18.4. The number of hydrogen-bond acceptors (Lipinski definition) is 4. The van der Waals surface area contributed by atoms with Crippen molar-refractivity contribution in [1.29, 1.82) is 0 Å². The van der Waals surface area contributed by atoms with E-state index in [1.807, 2.05) is 0 Å². The fourth-order valence-electron chi connectivity index (χ4n) is 2.29. The van der Waals surface area contributed by atoms with Crippen molar-refractivity contribution < 1.29 is 14.3 Å². The number of hydrogen-bond donors (Lipinski definition) is 1. The Bertz CT molecular complexity index is 533. The summed E-state index contributed by atoms with van der Waals surface area (Å²) < 4.78 is 5.82. The number of rotatable bonds is 4. The van der Waals surface area contributed by atoms with Crippen LogP contribution in [0.5, 0.6) is 0 Å². The highest BCUT2D eigenvalue weighted by Gasteiger charge is 2.32. The Morgan fingerprint density at radius 1 is 1.55 bits per heavy atom. The van der Waals surface area contributed by atoms with Crippen molar-refractivity contribution in [3.8, 4) is 0 Å². The summed E-state index contributed by atoms with van der Waals surface area (Å²) in [5.74, 6) is -0.290. The lowest BCUT2D eigenvalue weighted by molar-refractivity contribution is -0.117. The summed E-state index contributed by atoms with van der Waals surface area (Å²) in [5.41, 5.74) is 6.61. The third kappa shape index (κ3) is 3.02. The number of carbonyl (C=O) groups is 2. The van der Waals surface area contributed by atoms with E-state index in [-0.39, 0.29) is 11.8 Å². The van der Waals surface area contributed by atoms with Crippen molar-refractivity contribution in [1.82, 2.24) is 0 Å². The summed E-state index contributed by atoms with van der Waals surface area (Å²) >= 11 is 3.33. The van der Waals surface area contributed by atoms with Crippen LogP contribution in [0, 0.1) is 5.92 Å². The highest BCUT2D eigenvalue weighted by molar-refractivity contribution is 9.10. The predicted molar refractivity (Wildman–Crippen MR) is 79.6 cm³/mol. The molecular weight excluding hydrogens is 324 g/mol. The molecule has 1 aliphatic rings. The monoisotopic (exact) mass is 340 g/mol. The molecular formula is C14H17BrN2O3. The van der Waals surface area contributed by atoms with Crippen LogP contribution in [-0.2, 0) is 9.53 Å². The van der Waals surface area contributed by atoms with Gasteiger partial charge in [-0.1, -0.05) is 15.9 Å². The maximum Gasteiger partial charge on any atom is 0.340 e. The molecule has 1 fully saturated rings. The largest absolute Gasteiger partial charge is 0.462 e. The van der Waals surface area contributed by atoms with Gasteiger partial charge in [0.1, 0.15) is 0 Å². The molecule has 1 amide bonds. The second kappa shape index (κ2) is 6.37. The average molecular weight is 341 g/mol. The van der Waals surface area contributed by atoms with Crippen LogP contribution in [0.3, 0.4) is 0 Å². The van der Waals surface area contributed by atoms with Crippen LogP contribution in [0.4, 0.5) is 5.69 Å². The number of esters is 1. The van der Waals surface area contributed by atoms with E-state index in [0.29, 0.717) is 37.4 Å². The van der Waals surface area contributed by atoms with Crippen LogP contribution in [0.15, 0.2) is 22.7 Å². The number of ether oxygens (including phenoxy) is 1. The first-order valence-corrected chi connectivity index (χ1v) is 7.33. The topological polar surface area (TPSA) is 72.6 Å². The molecule has 20 heavy (non-hydrogen) atoms. The predicted octanol–water partition coefficient (Wildman–Crippen LogP) is 1.94. The highest BCUT2D eigenvalue weighted by Crippen LogP contribution is 2.30. The van der Waals surface area contributed by atoms with Crippen LogP contribution >= 0.6 is 15.9 Å². The summed E-state index contributed by atoms with van der Waals surface area (Å²) in [4.78, 5) is 25.7. The Hall–Kier alpha value is -1.40. The van der Waals surface area contributed by atoms with Crippen molar-refractivity contribution in [2.24, 2.45) is 11.7 Å². The summed E-state index contributed by atoms with van der Waals surface area (Å²) in [6, 6.07) is 5.24. The van der Waals surface area contributed by atoms with E-state index in [0.717, 1.165) is 4.47 Å². The third-order valence-electron chi connectivity index (χ3n) is 3.28. The number of halogens is 1. The third-order valence-corrected chi connectivity index (χ3v) is 3.78. The number of nitrogens with two attached hydrogens (primary N) is 1. The van der Waals surface area contributed by atoms with Gasteiger partial charge in [-0.25, -0.2) is 4.79 Å². The van der Waals surface area contributed by atoms with Gasteiger partial charge in [0.15, 0.2) is 0 Å². The van der Waals surface area contributed by atoms with Gasteiger partial charge in [0, 0.05) is 17.4 Å². The van der Waals surface area contributed by atoms with Crippen LogP contribution in [0.2, 0.25) is 0 Å². The van der Waals surface area contributed by atoms with Crippen molar-refractivity contribution in [2.75, 3.05) is 24.6 Å². The molecule has 1 aromatic rings. The molecule has 1 atom stereocenters. The van der Waals surface area contributed by atoms with Gasteiger partial charge in [-0.05, 0) is 37.6 Å². The summed E-state index contributed by atoms with van der Waals surface area (Å²) in [5, 5.41) is 0. The van der Waals surface area contributed by atoms with E-state index in [2.05, 4.69) is 15.9 Å². The molecule has 108 valence electrons. The summed E-state index contributed by atoms with van der Waals surface area (Å²) in [7, 11) is 0.